The van der Waals surface area contributed by atoms with Crippen LogP contribution in [0.2, 0.25) is 0 Å². The van der Waals surface area contributed by atoms with E-state index in [9.17, 15) is 28.4 Å². The third kappa shape index (κ3) is 6.63. The number of aromatic amines is 1. The number of aliphatic hydroxyl groups is 1. The minimum Gasteiger partial charge on any atom is -0.460 e. The first-order valence-corrected chi connectivity index (χ1v) is 16.0. The van der Waals surface area contributed by atoms with Crippen LogP contribution in [0.5, 0.6) is 5.75 Å². The fraction of sp³-hybridized carbons (Fsp3) is 0.323. The van der Waals surface area contributed by atoms with E-state index in [0.29, 0.717) is 24.4 Å². The Morgan fingerprint density at radius 3 is 2.64 bits per heavy atom. The van der Waals surface area contributed by atoms with Crippen molar-refractivity contribution in [1.29, 1.82) is 0 Å². The van der Waals surface area contributed by atoms with Crippen molar-refractivity contribution in [3.05, 3.63) is 111 Å². The van der Waals surface area contributed by atoms with Crippen molar-refractivity contribution in [3.8, 4) is 5.75 Å². The zero-order valence-electron chi connectivity index (χ0n) is 24.0. The molecule has 3 aromatic carbocycles. The van der Waals surface area contributed by atoms with Crippen molar-refractivity contribution in [3.63, 3.8) is 0 Å². The number of aromatic nitrogens is 2. The Bertz CT molecular complexity index is 1840. The summed E-state index contributed by atoms with van der Waals surface area (Å²) in [5, 5.41) is 12.2. The van der Waals surface area contributed by atoms with Crippen molar-refractivity contribution in [2.75, 3.05) is 13.2 Å². The van der Waals surface area contributed by atoms with Crippen LogP contribution < -0.4 is 15.8 Å². The number of H-pyrrole nitrogens is 1. The average molecular weight is 640 g/mol. The van der Waals surface area contributed by atoms with Crippen molar-refractivity contribution in [2.45, 2.75) is 50.3 Å². The highest BCUT2D eigenvalue weighted by Gasteiger charge is 2.48. The van der Waals surface area contributed by atoms with Gasteiger partial charge in [0, 0.05) is 18.4 Å². The molecule has 45 heavy (non-hydrogen) atoms. The summed E-state index contributed by atoms with van der Waals surface area (Å²) in [7, 11) is -4.33. The number of halogens is 1. The molecular formula is C31H31FN3O9P. The number of nitrogens with one attached hydrogen (secondary N) is 1. The molecule has 2 aliphatic heterocycles. The molecule has 2 saturated heterocycles. The Labute approximate surface area is 256 Å². The first-order valence-electron chi connectivity index (χ1n) is 14.5. The van der Waals surface area contributed by atoms with Crippen molar-refractivity contribution in [2.24, 2.45) is 0 Å². The lowest BCUT2D eigenvalue weighted by atomic mass is 10.1. The van der Waals surface area contributed by atoms with E-state index in [4.69, 9.17) is 18.5 Å². The third-order valence-electron chi connectivity index (χ3n) is 7.84. The molecule has 2 aliphatic rings. The summed E-state index contributed by atoms with van der Waals surface area (Å²) in [5.41, 5.74) is -1.30. The van der Waals surface area contributed by atoms with Gasteiger partial charge in [-0.15, -0.1) is 0 Å². The van der Waals surface area contributed by atoms with Gasteiger partial charge in [-0.3, -0.25) is 23.7 Å². The van der Waals surface area contributed by atoms with Gasteiger partial charge in [0.2, 0.25) is 5.82 Å². The SMILES string of the molecule is O=C(OCc1ccccc1)C1CCCN1P(=O)(OC[C@H]1O[C@@H](n2cc(F)c(=O)[nH]c2=O)CC1O)Oc1cccc2ccccc12. The molecule has 0 saturated carbocycles. The van der Waals surface area contributed by atoms with Gasteiger partial charge >= 0.3 is 19.4 Å². The highest BCUT2D eigenvalue weighted by Crippen LogP contribution is 2.56. The number of carbonyl (C=O) groups is 1. The van der Waals surface area contributed by atoms with Gasteiger partial charge in [-0.25, -0.2) is 9.36 Å². The molecule has 0 bridgehead atoms. The van der Waals surface area contributed by atoms with Gasteiger partial charge in [-0.2, -0.15) is 9.06 Å². The van der Waals surface area contributed by atoms with Crippen molar-refractivity contribution < 1.29 is 37.4 Å². The highest BCUT2D eigenvalue weighted by atomic mass is 31.2. The van der Waals surface area contributed by atoms with E-state index in [1.165, 1.54) is 4.67 Å². The molecule has 0 aliphatic carbocycles. The number of carbonyl (C=O) groups excluding carboxylic acids is 1. The molecule has 0 radical (unpaired) electrons. The van der Waals surface area contributed by atoms with E-state index < -0.39 is 61.9 Å². The molecule has 3 heterocycles. The number of hydrogen-bond acceptors (Lipinski definition) is 9. The van der Waals surface area contributed by atoms with E-state index in [1.807, 2.05) is 59.6 Å². The Hall–Kier alpha value is -4.13. The number of hydrogen-bond donors (Lipinski definition) is 2. The predicted molar refractivity (Wildman–Crippen MR) is 160 cm³/mol. The number of rotatable bonds is 10. The van der Waals surface area contributed by atoms with Crippen LogP contribution in [0.25, 0.3) is 10.8 Å². The fourth-order valence-corrected chi connectivity index (χ4v) is 7.53. The van der Waals surface area contributed by atoms with E-state index in [1.54, 1.807) is 18.2 Å². The molecule has 12 nitrogen and oxygen atoms in total. The van der Waals surface area contributed by atoms with Crippen LogP contribution >= 0.6 is 7.75 Å². The Balaban J connectivity index is 1.25. The van der Waals surface area contributed by atoms with Gasteiger partial charge in [0.05, 0.1) is 18.9 Å². The maximum absolute atomic E-state index is 14.8. The van der Waals surface area contributed by atoms with Gasteiger partial charge in [0.1, 0.15) is 30.7 Å². The molecule has 5 atom stereocenters. The zero-order valence-corrected chi connectivity index (χ0v) is 24.9. The molecular weight excluding hydrogens is 608 g/mol. The van der Waals surface area contributed by atoms with E-state index in [2.05, 4.69) is 0 Å². The first-order chi connectivity index (χ1) is 21.7. The van der Waals surface area contributed by atoms with Crippen LogP contribution in [-0.4, -0.2) is 56.7 Å². The monoisotopic (exact) mass is 639 g/mol. The van der Waals surface area contributed by atoms with Crippen LogP contribution in [0.1, 0.15) is 31.1 Å². The number of benzene rings is 3. The summed E-state index contributed by atoms with van der Waals surface area (Å²) in [6.07, 6.45) is -2.00. The Morgan fingerprint density at radius 1 is 1.07 bits per heavy atom. The van der Waals surface area contributed by atoms with Gasteiger partial charge < -0.3 is 19.1 Å². The summed E-state index contributed by atoms with van der Waals surface area (Å²) in [6, 6.07) is 20.8. The average Bonchev–Trinajstić information content (AvgIpc) is 3.69. The quantitative estimate of drug-likeness (QED) is 0.193. The van der Waals surface area contributed by atoms with E-state index in [0.717, 1.165) is 15.5 Å². The maximum atomic E-state index is 14.8. The second kappa shape index (κ2) is 13.1. The summed E-state index contributed by atoms with van der Waals surface area (Å²) in [4.78, 5) is 38.9. The number of esters is 1. The molecule has 14 heteroatoms. The fourth-order valence-electron chi connectivity index (χ4n) is 5.54. The van der Waals surface area contributed by atoms with Crippen molar-refractivity contribution >= 4 is 24.5 Å². The van der Waals surface area contributed by atoms with E-state index >= 15 is 0 Å². The van der Waals surface area contributed by atoms with Crippen LogP contribution in [0.15, 0.2) is 88.6 Å². The van der Waals surface area contributed by atoms with Gasteiger partial charge in [0.25, 0.3) is 5.56 Å². The molecule has 1 aromatic heterocycles. The Kier molecular flexibility index (Phi) is 8.97. The van der Waals surface area contributed by atoms with Crippen LogP contribution in [-0.2, 0) is 30.0 Å². The maximum Gasteiger partial charge on any atom is 0.462 e. The lowest BCUT2D eigenvalue weighted by Gasteiger charge is -2.31. The molecule has 236 valence electrons. The minimum atomic E-state index is -4.33. The normalized spacial score (nSPS) is 23.2. The number of nitrogens with zero attached hydrogens (tertiary/aromatic N) is 2. The predicted octanol–water partition coefficient (Wildman–Crippen LogP) is 3.89. The molecule has 4 aromatic rings. The van der Waals surface area contributed by atoms with E-state index in [-0.39, 0.29) is 25.3 Å². The zero-order chi connectivity index (χ0) is 31.6. The minimum absolute atomic E-state index is 0.0353. The molecule has 6 rings (SSSR count). The molecule has 2 fully saturated rings. The van der Waals surface area contributed by atoms with Crippen molar-refractivity contribution in [1.82, 2.24) is 14.2 Å². The lowest BCUT2D eigenvalue weighted by Crippen LogP contribution is -2.38. The Morgan fingerprint density at radius 2 is 1.82 bits per heavy atom. The van der Waals surface area contributed by atoms with Gasteiger partial charge in [-0.05, 0) is 29.9 Å². The first kappa shape index (κ1) is 30.9. The second-order valence-electron chi connectivity index (χ2n) is 10.8. The second-order valence-corrected chi connectivity index (χ2v) is 12.7. The van der Waals surface area contributed by atoms with Crippen LogP contribution in [0, 0.1) is 5.82 Å². The topological polar surface area (TPSA) is 149 Å². The highest BCUT2D eigenvalue weighted by molar-refractivity contribution is 7.51. The number of aliphatic hydroxyl groups excluding tert-OH is 1. The van der Waals surface area contributed by atoms with Crippen LogP contribution in [0.4, 0.5) is 4.39 Å². The molecule has 3 unspecified atom stereocenters. The summed E-state index contributed by atoms with van der Waals surface area (Å²) in [6.45, 7) is -0.216. The largest absolute Gasteiger partial charge is 0.462 e. The van der Waals surface area contributed by atoms with Gasteiger partial charge in [-0.1, -0.05) is 66.7 Å². The standard InChI is InChI=1S/C31H31FN3O9P/c32-23-17-34(31(39)33-29(23)37)28-16-25(36)27(43-28)19-42-45(40,44-26-14-6-11-21-10-4-5-12-22(21)26)35-15-7-13-24(35)30(38)41-18-20-8-2-1-3-9-20/h1-6,8-12,14,17,24-25,27-28,36H,7,13,15-16,18-19H2,(H,33,37,39)/t24?,25?,27-,28-,45?/m1/s1. The summed E-state index contributed by atoms with van der Waals surface area (Å²) in [5.74, 6) is -1.52. The summed E-state index contributed by atoms with van der Waals surface area (Å²) < 4.78 is 54.4. The van der Waals surface area contributed by atoms with Gasteiger partial charge in [0.15, 0.2) is 0 Å². The lowest BCUT2D eigenvalue weighted by molar-refractivity contribution is -0.149. The van der Waals surface area contributed by atoms with Crippen LogP contribution in [0.3, 0.4) is 0 Å². The number of ether oxygens (including phenoxy) is 2. The third-order valence-corrected chi connectivity index (χ3v) is 9.85. The molecule has 2 N–H and O–H groups in total. The molecule has 0 spiro atoms. The number of fused-ring (bicyclic) bond motifs is 1. The smallest absolute Gasteiger partial charge is 0.460 e. The summed E-state index contributed by atoms with van der Waals surface area (Å²) >= 11 is 0. The molecule has 0 amide bonds.